The Labute approximate surface area is 155 Å². The summed E-state index contributed by atoms with van der Waals surface area (Å²) in [5, 5.41) is 14.5. The lowest BCUT2D eigenvalue weighted by Crippen LogP contribution is -2.04. The first-order valence-corrected chi connectivity index (χ1v) is 8.11. The third-order valence-electron chi connectivity index (χ3n) is 3.48. The molecule has 0 saturated heterocycles. The smallest absolute Gasteiger partial charge is 0.337 e. The maximum atomic E-state index is 11.7. The third kappa shape index (κ3) is 4.25. The van der Waals surface area contributed by atoms with Crippen molar-refractivity contribution in [2.45, 2.75) is 6.92 Å². The summed E-state index contributed by atoms with van der Waals surface area (Å²) in [4.78, 5) is 16.0. The molecular formula is C18H16ClN5O2. The second kappa shape index (κ2) is 7.79. The number of anilines is 4. The van der Waals surface area contributed by atoms with E-state index in [0.29, 0.717) is 28.0 Å². The van der Waals surface area contributed by atoms with E-state index in [2.05, 4.69) is 25.8 Å². The summed E-state index contributed by atoms with van der Waals surface area (Å²) in [5.41, 5.74) is 2.86. The number of carbonyl (C=O) groups excluding carboxylic acids is 1. The minimum Gasteiger partial charge on any atom is -0.465 e. The Morgan fingerprint density at radius 2 is 2.00 bits per heavy atom. The van der Waals surface area contributed by atoms with Gasteiger partial charge in [-0.25, -0.2) is 4.79 Å². The molecule has 0 spiro atoms. The van der Waals surface area contributed by atoms with Gasteiger partial charge < -0.3 is 15.4 Å². The van der Waals surface area contributed by atoms with E-state index in [1.165, 1.54) is 13.3 Å². The lowest BCUT2D eigenvalue weighted by Gasteiger charge is -2.10. The van der Waals surface area contributed by atoms with Crippen LogP contribution in [0.15, 0.2) is 48.7 Å². The second-order valence-electron chi connectivity index (χ2n) is 5.47. The van der Waals surface area contributed by atoms with Crippen LogP contribution in [0.4, 0.5) is 23.1 Å². The van der Waals surface area contributed by atoms with E-state index in [9.17, 15) is 4.79 Å². The summed E-state index contributed by atoms with van der Waals surface area (Å²) in [5.74, 6) is 0.312. The molecule has 132 valence electrons. The number of hydrogen-bond donors (Lipinski definition) is 2. The zero-order valence-corrected chi connectivity index (χ0v) is 14.9. The topological polar surface area (TPSA) is 89.0 Å². The molecule has 0 aliphatic carbocycles. The average molecular weight is 370 g/mol. The first-order valence-electron chi connectivity index (χ1n) is 7.73. The van der Waals surface area contributed by atoms with Crippen LogP contribution in [0.2, 0.25) is 5.02 Å². The molecule has 1 aromatic heterocycles. The molecule has 1 heterocycles. The van der Waals surface area contributed by atoms with Crippen LogP contribution in [0.5, 0.6) is 0 Å². The minimum atomic E-state index is -0.452. The van der Waals surface area contributed by atoms with Crippen molar-refractivity contribution in [2.75, 3.05) is 17.7 Å². The molecule has 26 heavy (non-hydrogen) atoms. The van der Waals surface area contributed by atoms with Crippen LogP contribution in [0.1, 0.15) is 15.9 Å². The highest BCUT2D eigenvalue weighted by atomic mass is 35.5. The number of rotatable bonds is 5. The zero-order chi connectivity index (χ0) is 18.5. The largest absolute Gasteiger partial charge is 0.465 e. The summed E-state index contributed by atoms with van der Waals surface area (Å²) in [6.45, 7) is 2.00. The molecule has 0 bridgehead atoms. The number of ether oxygens (including phenoxy) is 1. The predicted molar refractivity (Wildman–Crippen MR) is 100 cm³/mol. The van der Waals surface area contributed by atoms with Crippen molar-refractivity contribution >= 4 is 40.7 Å². The van der Waals surface area contributed by atoms with Crippen LogP contribution in [0.3, 0.4) is 0 Å². The van der Waals surface area contributed by atoms with Crippen molar-refractivity contribution in [3.05, 3.63) is 64.8 Å². The van der Waals surface area contributed by atoms with Gasteiger partial charge >= 0.3 is 5.97 Å². The number of esters is 1. The number of aromatic nitrogens is 3. The fourth-order valence-electron chi connectivity index (χ4n) is 2.27. The van der Waals surface area contributed by atoms with Crippen LogP contribution in [0.25, 0.3) is 0 Å². The summed E-state index contributed by atoms with van der Waals surface area (Å²) in [7, 11) is 1.32. The van der Waals surface area contributed by atoms with Gasteiger partial charge in [-0.05, 0) is 42.8 Å². The van der Waals surface area contributed by atoms with Crippen molar-refractivity contribution in [2.24, 2.45) is 0 Å². The number of hydrogen-bond acceptors (Lipinski definition) is 7. The first-order chi connectivity index (χ1) is 12.5. The van der Waals surface area contributed by atoms with Gasteiger partial charge in [-0.2, -0.15) is 10.1 Å². The van der Waals surface area contributed by atoms with E-state index < -0.39 is 5.97 Å². The zero-order valence-electron chi connectivity index (χ0n) is 14.2. The Hall–Kier alpha value is -3.19. The van der Waals surface area contributed by atoms with Gasteiger partial charge in [0.25, 0.3) is 0 Å². The van der Waals surface area contributed by atoms with Gasteiger partial charge in [-0.3, -0.25) is 0 Å². The highest BCUT2D eigenvalue weighted by molar-refractivity contribution is 6.33. The molecule has 0 saturated carbocycles. The van der Waals surface area contributed by atoms with Gasteiger partial charge in [-0.1, -0.05) is 23.7 Å². The summed E-state index contributed by atoms with van der Waals surface area (Å²) in [6.07, 6.45) is 1.46. The van der Waals surface area contributed by atoms with E-state index in [1.54, 1.807) is 18.2 Å². The maximum absolute atomic E-state index is 11.7. The fraction of sp³-hybridized carbons (Fsp3) is 0.111. The summed E-state index contributed by atoms with van der Waals surface area (Å²) in [6, 6.07) is 12.6. The van der Waals surface area contributed by atoms with Crippen molar-refractivity contribution < 1.29 is 9.53 Å². The third-order valence-corrected chi connectivity index (χ3v) is 3.81. The van der Waals surface area contributed by atoms with E-state index >= 15 is 0 Å². The van der Waals surface area contributed by atoms with Crippen molar-refractivity contribution in [1.82, 2.24) is 15.2 Å². The van der Waals surface area contributed by atoms with Crippen molar-refractivity contribution in [3.8, 4) is 0 Å². The molecule has 0 aliphatic heterocycles. The van der Waals surface area contributed by atoms with Gasteiger partial charge in [0, 0.05) is 5.69 Å². The monoisotopic (exact) mass is 369 g/mol. The molecule has 8 heteroatoms. The van der Waals surface area contributed by atoms with Crippen molar-refractivity contribution in [3.63, 3.8) is 0 Å². The summed E-state index contributed by atoms with van der Waals surface area (Å²) >= 11 is 6.19. The quantitative estimate of drug-likeness (QED) is 0.654. The van der Waals surface area contributed by atoms with Crippen molar-refractivity contribution in [1.29, 1.82) is 0 Å². The molecular weight excluding hydrogens is 354 g/mol. The molecule has 2 N–H and O–H groups in total. The van der Waals surface area contributed by atoms with Crippen LogP contribution >= 0.6 is 11.6 Å². The number of halogens is 1. The van der Waals surface area contributed by atoms with E-state index in [-0.39, 0.29) is 0 Å². The first kappa shape index (κ1) is 17.6. The highest BCUT2D eigenvalue weighted by Crippen LogP contribution is 2.26. The molecule has 0 fully saturated rings. The second-order valence-corrected chi connectivity index (χ2v) is 5.88. The molecule has 0 radical (unpaired) electrons. The molecule has 3 rings (SSSR count). The fourth-order valence-corrected chi connectivity index (χ4v) is 2.44. The normalized spacial score (nSPS) is 10.3. The summed E-state index contributed by atoms with van der Waals surface area (Å²) < 4.78 is 4.72. The Morgan fingerprint density at radius 1 is 1.15 bits per heavy atom. The van der Waals surface area contributed by atoms with Gasteiger partial charge in [0.1, 0.15) is 0 Å². The van der Waals surface area contributed by atoms with Gasteiger partial charge in [0.15, 0.2) is 5.82 Å². The Balaban J connectivity index is 1.82. The average Bonchev–Trinajstić information content (AvgIpc) is 2.63. The molecule has 3 aromatic rings. The lowest BCUT2D eigenvalue weighted by molar-refractivity contribution is 0.0601. The molecule has 0 atom stereocenters. The number of methoxy groups -OCH3 is 1. The van der Waals surface area contributed by atoms with Gasteiger partial charge in [-0.15, -0.1) is 5.10 Å². The number of nitrogens with one attached hydrogen (secondary N) is 2. The minimum absolute atomic E-state index is 0.334. The van der Waals surface area contributed by atoms with E-state index in [1.807, 2.05) is 31.2 Å². The number of benzene rings is 2. The molecule has 2 aromatic carbocycles. The molecule has 0 aliphatic rings. The lowest BCUT2D eigenvalue weighted by atomic mass is 10.2. The van der Waals surface area contributed by atoms with Crippen LogP contribution in [-0.4, -0.2) is 28.3 Å². The van der Waals surface area contributed by atoms with Gasteiger partial charge in [0.2, 0.25) is 5.95 Å². The maximum Gasteiger partial charge on any atom is 0.337 e. The van der Waals surface area contributed by atoms with Crippen LogP contribution in [-0.2, 0) is 4.74 Å². The molecule has 0 unspecified atom stereocenters. The van der Waals surface area contributed by atoms with Crippen LogP contribution in [0, 0.1) is 6.92 Å². The SMILES string of the molecule is COC(=O)c1ccc(Cl)c(Nc2cnnc(Nc3cccc(C)c3)n2)c1. The Bertz CT molecular complexity index is 948. The van der Waals surface area contributed by atoms with E-state index in [4.69, 9.17) is 16.3 Å². The van der Waals surface area contributed by atoms with Gasteiger partial charge in [0.05, 0.1) is 29.6 Å². The Morgan fingerprint density at radius 3 is 2.77 bits per heavy atom. The highest BCUT2D eigenvalue weighted by Gasteiger charge is 2.10. The number of nitrogens with zero attached hydrogens (tertiary/aromatic N) is 3. The van der Waals surface area contributed by atoms with E-state index in [0.717, 1.165) is 11.3 Å². The molecule has 0 amide bonds. The standard InChI is InChI=1S/C18H16ClN5O2/c1-11-4-3-5-13(8-11)21-18-23-16(10-20-24-18)22-15-9-12(17(25)26-2)6-7-14(15)19/h3-10H,1-2H3,(H2,21,22,23,24). The molecule has 7 nitrogen and oxygen atoms in total. The number of carbonyl (C=O) groups is 1. The number of aryl methyl sites for hydroxylation is 1. The predicted octanol–water partition coefficient (Wildman–Crippen LogP) is 4.11. The van der Waals surface area contributed by atoms with Crippen LogP contribution < -0.4 is 10.6 Å². The Kier molecular flexibility index (Phi) is 5.28.